The number of thioether (sulfide) groups is 1. The van der Waals surface area contributed by atoms with Crippen molar-refractivity contribution in [2.45, 2.75) is 13.5 Å². The van der Waals surface area contributed by atoms with E-state index in [1.54, 1.807) is 11.8 Å². The normalized spacial score (nSPS) is 21.1. The van der Waals surface area contributed by atoms with Crippen molar-refractivity contribution in [2.24, 2.45) is 10.9 Å². The highest BCUT2D eigenvalue weighted by Gasteiger charge is 2.11. The van der Waals surface area contributed by atoms with Crippen LogP contribution in [0.1, 0.15) is 12.6 Å². The van der Waals surface area contributed by atoms with E-state index in [-0.39, 0.29) is 4.87 Å². The first-order valence-electron chi connectivity index (χ1n) is 4.82. The highest BCUT2D eigenvalue weighted by Crippen LogP contribution is 2.15. The van der Waals surface area contributed by atoms with Gasteiger partial charge in [0.05, 0.1) is 6.54 Å². The molecule has 0 aliphatic carbocycles. The Hall–Kier alpha value is -0.750. The summed E-state index contributed by atoms with van der Waals surface area (Å²) in [5.41, 5.74) is 0.923. The molecule has 15 heavy (non-hydrogen) atoms. The van der Waals surface area contributed by atoms with Crippen LogP contribution in [0.3, 0.4) is 0 Å². The van der Waals surface area contributed by atoms with E-state index in [1.165, 1.54) is 11.3 Å². The number of amidine groups is 1. The second-order valence-electron chi connectivity index (χ2n) is 3.59. The second-order valence-corrected chi connectivity index (χ2v) is 5.44. The summed E-state index contributed by atoms with van der Waals surface area (Å²) in [6, 6.07) is 0. The topological polar surface area (TPSA) is 57.2 Å². The minimum Gasteiger partial charge on any atom is -0.359 e. The predicted octanol–water partition coefficient (Wildman–Crippen LogP) is 1.26. The summed E-state index contributed by atoms with van der Waals surface area (Å²) < 4.78 is 0. The monoisotopic (exact) mass is 243 g/mol. The SMILES string of the molecule is CC1CN=C(NCc2csc(=O)[nH]2)SC1. The fourth-order valence-electron chi connectivity index (χ4n) is 1.24. The number of aromatic amines is 1. The Morgan fingerprint density at radius 1 is 1.73 bits per heavy atom. The number of nitrogens with one attached hydrogen (secondary N) is 2. The molecular weight excluding hydrogens is 230 g/mol. The third kappa shape index (κ3) is 3.10. The van der Waals surface area contributed by atoms with Gasteiger partial charge in [-0.05, 0) is 5.92 Å². The van der Waals surface area contributed by atoms with Crippen molar-refractivity contribution in [3.63, 3.8) is 0 Å². The summed E-state index contributed by atoms with van der Waals surface area (Å²) in [6.45, 7) is 3.75. The molecule has 0 saturated carbocycles. The molecule has 2 N–H and O–H groups in total. The lowest BCUT2D eigenvalue weighted by Crippen LogP contribution is -2.26. The number of hydrogen-bond acceptors (Lipinski definition) is 5. The molecule has 2 rings (SSSR count). The van der Waals surface area contributed by atoms with Gasteiger partial charge in [0.1, 0.15) is 0 Å². The molecular formula is C9H13N3OS2. The van der Waals surface area contributed by atoms with Gasteiger partial charge in [0.25, 0.3) is 0 Å². The number of H-pyrrole nitrogens is 1. The molecule has 0 spiro atoms. The number of thiazole rings is 1. The third-order valence-corrected chi connectivity index (χ3v) is 4.05. The summed E-state index contributed by atoms with van der Waals surface area (Å²) in [5, 5.41) is 6.05. The standard InChI is InChI=1S/C9H13N3OS2/c1-6-2-10-8(14-4-6)11-3-7-5-15-9(13)12-7/h5-6H,2-4H2,1H3,(H,10,11)(H,12,13). The van der Waals surface area contributed by atoms with E-state index < -0.39 is 0 Å². The minimum absolute atomic E-state index is 0.00124. The Labute approximate surface area is 96.2 Å². The van der Waals surface area contributed by atoms with E-state index in [9.17, 15) is 4.79 Å². The first-order chi connectivity index (χ1) is 7.24. The summed E-state index contributed by atoms with van der Waals surface area (Å²) >= 11 is 2.94. The van der Waals surface area contributed by atoms with Crippen LogP contribution in [-0.2, 0) is 6.54 Å². The highest BCUT2D eigenvalue weighted by atomic mass is 32.2. The van der Waals surface area contributed by atoms with Gasteiger partial charge in [0.15, 0.2) is 5.17 Å². The Kier molecular flexibility index (Phi) is 3.48. The molecule has 0 saturated heterocycles. The average molecular weight is 243 g/mol. The van der Waals surface area contributed by atoms with E-state index in [0.29, 0.717) is 12.5 Å². The zero-order chi connectivity index (χ0) is 10.7. The Morgan fingerprint density at radius 3 is 3.20 bits per heavy atom. The summed E-state index contributed by atoms with van der Waals surface area (Å²) in [6.07, 6.45) is 0. The Bertz CT molecular complexity index is 409. The van der Waals surface area contributed by atoms with Gasteiger partial charge in [-0.2, -0.15) is 0 Å². The molecule has 0 fully saturated rings. The fourth-order valence-corrected chi connectivity index (χ4v) is 2.71. The van der Waals surface area contributed by atoms with Crippen molar-refractivity contribution in [2.75, 3.05) is 12.3 Å². The summed E-state index contributed by atoms with van der Waals surface area (Å²) in [7, 11) is 0. The molecule has 0 aromatic carbocycles. The van der Waals surface area contributed by atoms with Gasteiger partial charge in [0.2, 0.25) is 0 Å². The maximum Gasteiger partial charge on any atom is 0.304 e. The van der Waals surface area contributed by atoms with Crippen molar-refractivity contribution >= 4 is 28.3 Å². The van der Waals surface area contributed by atoms with Crippen LogP contribution in [0, 0.1) is 5.92 Å². The fraction of sp³-hybridized carbons (Fsp3) is 0.556. The maximum absolute atomic E-state index is 10.9. The largest absolute Gasteiger partial charge is 0.359 e. The van der Waals surface area contributed by atoms with Crippen molar-refractivity contribution in [3.05, 3.63) is 20.7 Å². The quantitative estimate of drug-likeness (QED) is 0.822. The molecule has 1 aromatic rings. The van der Waals surface area contributed by atoms with E-state index >= 15 is 0 Å². The second kappa shape index (κ2) is 4.85. The molecule has 82 valence electrons. The van der Waals surface area contributed by atoms with Crippen LogP contribution >= 0.6 is 23.1 Å². The van der Waals surface area contributed by atoms with Crippen molar-refractivity contribution < 1.29 is 0 Å². The molecule has 1 atom stereocenters. The van der Waals surface area contributed by atoms with Crippen LogP contribution < -0.4 is 10.2 Å². The molecule has 0 radical (unpaired) electrons. The van der Waals surface area contributed by atoms with Crippen LogP contribution in [-0.4, -0.2) is 22.4 Å². The Morgan fingerprint density at radius 2 is 2.60 bits per heavy atom. The smallest absolute Gasteiger partial charge is 0.304 e. The molecule has 1 unspecified atom stereocenters. The average Bonchev–Trinajstić information content (AvgIpc) is 2.64. The van der Waals surface area contributed by atoms with E-state index in [4.69, 9.17) is 0 Å². The van der Waals surface area contributed by atoms with Crippen LogP contribution in [0.15, 0.2) is 15.2 Å². The predicted molar refractivity (Wildman–Crippen MR) is 65.7 cm³/mol. The zero-order valence-electron chi connectivity index (χ0n) is 8.45. The number of aliphatic imine (C=N–C) groups is 1. The molecule has 4 nitrogen and oxygen atoms in total. The van der Waals surface area contributed by atoms with Crippen molar-refractivity contribution in [3.8, 4) is 0 Å². The van der Waals surface area contributed by atoms with Crippen molar-refractivity contribution in [1.29, 1.82) is 0 Å². The Balaban J connectivity index is 1.86. The maximum atomic E-state index is 10.9. The number of hydrogen-bond donors (Lipinski definition) is 2. The van der Waals surface area contributed by atoms with Gasteiger partial charge in [0, 0.05) is 23.4 Å². The minimum atomic E-state index is -0.00124. The van der Waals surface area contributed by atoms with Crippen LogP contribution in [0.25, 0.3) is 0 Å². The number of aromatic nitrogens is 1. The van der Waals surface area contributed by atoms with Gasteiger partial charge in [-0.1, -0.05) is 30.0 Å². The molecule has 1 aromatic heterocycles. The summed E-state index contributed by atoms with van der Waals surface area (Å²) in [5.74, 6) is 1.79. The van der Waals surface area contributed by atoms with Gasteiger partial charge < -0.3 is 10.3 Å². The number of rotatable bonds is 2. The van der Waals surface area contributed by atoms with Crippen LogP contribution in [0.4, 0.5) is 0 Å². The highest BCUT2D eigenvalue weighted by molar-refractivity contribution is 8.13. The molecule has 1 aliphatic heterocycles. The molecule has 0 amide bonds. The lowest BCUT2D eigenvalue weighted by Gasteiger charge is -2.17. The van der Waals surface area contributed by atoms with E-state index in [2.05, 4.69) is 22.2 Å². The van der Waals surface area contributed by atoms with Gasteiger partial charge in [-0.25, -0.2) is 0 Å². The van der Waals surface area contributed by atoms with Gasteiger partial charge >= 0.3 is 4.87 Å². The molecule has 0 bridgehead atoms. The lowest BCUT2D eigenvalue weighted by atomic mass is 10.2. The zero-order valence-corrected chi connectivity index (χ0v) is 10.1. The molecule has 6 heteroatoms. The van der Waals surface area contributed by atoms with E-state index in [0.717, 1.165) is 23.2 Å². The van der Waals surface area contributed by atoms with Crippen molar-refractivity contribution in [1.82, 2.24) is 10.3 Å². The molecule has 1 aliphatic rings. The number of nitrogens with zero attached hydrogens (tertiary/aromatic N) is 1. The lowest BCUT2D eigenvalue weighted by molar-refractivity contribution is 0.668. The molecule has 2 heterocycles. The van der Waals surface area contributed by atoms with E-state index in [1.807, 2.05) is 5.38 Å². The van der Waals surface area contributed by atoms with Crippen LogP contribution in [0.2, 0.25) is 0 Å². The van der Waals surface area contributed by atoms with Gasteiger partial charge in [-0.3, -0.25) is 9.79 Å². The first-order valence-corrected chi connectivity index (χ1v) is 6.68. The van der Waals surface area contributed by atoms with Crippen LogP contribution in [0.5, 0.6) is 0 Å². The summed E-state index contributed by atoms with van der Waals surface area (Å²) in [4.78, 5) is 18.1. The van der Waals surface area contributed by atoms with Gasteiger partial charge in [-0.15, -0.1) is 0 Å². The third-order valence-electron chi connectivity index (χ3n) is 2.05. The first kappa shape index (κ1) is 10.8.